The van der Waals surface area contributed by atoms with E-state index in [1.807, 2.05) is 72.8 Å². The molecule has 9 nitrogen and oxygen atoms in total. The zero-order valence-electron chi connectivity index (χ0n) is 31.3. The van der Waals surface area contributed by atoms with Crippen LogP contribution in [-0.2, 0) is 23.6 Å². The molecule has 0 bridgehead atoms. The monoisotopic (exact) mass is 781 g/mol. The summed E-state index contributed by atoms with van der Waals surface area (Å²) >= 11 is 15.3. The lowest BCUT2D eigenvalue weighted by Gasteiger charge is -2.36. The molecule has 0 saturated heterocycles. The fraction of sp³-hybridized carbons (Fsp3) is 0.150. The van der Waals surface area contributed by atoms with Gasteiger partial charge in [0, 0.05) is 13.8 Å². The molecule has 6 rings (SSSR count). The second kappa shape index (κ2) is 22.4. The van der Waals surface area contributed by atoms with Crippen molar-refractivity contribution in [2.24, 2.45) is 0 Å². The number of halogens is 3. The molecule has 4 aromatic carbocycles. The molecule has 2 aromatic heterocycles. The second-order valence-electron chi connectivity index (χ2n) is 10.9. The third-order valence-corrected chi connectivity index (χ3v) is 8.00. The van der Waals surface area contributed by atoms with E-state index in [0.29, 0.717) is 22.4 Å². The van der Waals surface area contributed by atoms with Crippen molar-refractivity contribution in [3.05, 3.63) is 178 Å². The van der Waals surface area contributed by atoms with Crippen LogP contribution >= 0.6 is 35.5 Å². The summed E-state index contributed by atoms with van der Waals surface area (Å²) in [4.78, 5) is 7.95. The Hall–Kier alpha value is -4.65. The predicted octanol–water partition coefficient (Wildman–Crippen LogP) is 7.62. The van der Waals surface area contributed by atoms with Gasteiger partial charge in [-0.2, -0.15) is 0 Å². The zero-order chi connectivity index (χ0) is 40.6. The van der Waals surface area contributed by atoms with E-state index in [1.165, 1.54) is 25.6 Å². The van der Waals surface area contributed by atoms with Crippen molar-refractivity contribution in [3.63, 3.8) is 0 Å². The molecule has 6 aromatic rings. The van der Waals surface area contributed by atoms with Gasteiger partial charge in [-0.1, -0.05) is 109 Å². The van der Waals surface area contributed by atoms with E-state index in [9.17, 15) is 0 Å². The average molecular weight is 783 g/mol. The maximum absolute atomic E-state index is 8.84. The van der Waals surface area contributed by atoms with Crippen LogP contribution in [0.2, 0.25) is 10.3 Å². The highest BCUT2D eigenvalue weighted by Crippen LogP contribution is 2.42. The number of pyridine rings is 2. The molecule has 0 aliphatic carbocycles. The first-order chi connectivity index (χ1) is 26.7. The highest BCUT2D eigenvalue weighted by molar-refractivity contribution is 6.58. The summed E-state index contributed by atoms with van der Waals surface area (Å²) in [6.07, 6.45) is 3.28. The molecule has 278 valence electrons. The first-order valence-corrected chi connectivity index (χ1v) is 16.4. The summed E-state index contributed by atoms with van der Waals surface area (Å²) < 4.78 is 28.5. The Morgan fingerprint density at radius 1 is 0.717 bits per heavy atom. The molecule has 0 saturated carbocycles. The van der Waals surface area contributed by atoms with Crippen LogP contribution in [0, 0.1) is 0 Å². The number of hydrogen-bond acceptors (Lipinski definition) is 9. The van der Waals surface area contributed by atoms with Crippen LogP contribution in [0.25, 0.3) is 0 Å². The van der Waals surface area contributed by atoms with Gasteiger partial charge in [-0.3, -0.25) is 0 Å². The normalized spacial score (nSPS) is 10.4. The number of nitrogens with zero attached hydrogens (tertiary/aromatic N) is 2. The van der Waals surface area contributed by atoms with Gasteiger partial charge in [0.05, 0.1) is 27.4 Å². The van der Waals surface area contributed by atoms with Crippen molar-refractivity contribution in [2.45, 2.75) is 26.2 Å². The largest absolute Gasteiger partial charge is 0.508 e. The van der Waals surface area contributed by atoms with Gasteiger partial charge >= 0.3 is 7.12 Å². The topological polar surface area (TPSA) is 134 Å². The van der Waals surface area contributed by atoms with E-state index in [2.05, 4.69) is 34.4 Å². The lowest BCUT2D eigenvalue weighted by Crippen LogP contribution is -2.32. The number of aromatic nitrogens is 2. The second-order valence-corrected chi connectivity index (χ2v) is 11.7. The molecule has 0 radical (unpaired) electrons. The van der Waals surface area contributed by atoms with E-state index >= 15 is 0 Å². The number of aliphatic hydroxyl groups excluding tert-OH is 1. The minimum absolute atomic E-state index is 0.0180. The molecule has 0 aliphatic rings. The van der Waals surface area contributed by atoms with Crippen LogP contribution in [0.15, 0.2) is 140 Å². The standard InChI is InChI=1S/C27H24ClNO3.C6H7BO3.C6H6ClNO.CH4.ClH/c1-30-24-13-9-22(10-14-24)27(21-6-4-3-5-7-21,23-11-15-25(31-2)16-12-23)32-19-20-8-17-26(28)29-18-20;8-6-3-1-2-5(4-6)7(9)10;7-6-2-1-5(4-9)3-8-6;;/h3-18H,19H2,1-2H3;1-4,8-10H;1-3,9H,4H2;1H4;1H/i;;;1T;/hD. The van der Waals surface area contributed by atoms with Gasteiger partial charge in [0.1, 0.15) is 34.3 Å². The molecule has 13 heteroatoms. The maximum atomic E-state index is 8.84. The van der Waals surface area contributed by atoms with Gasteiger partial charge in [-0.25, -0.2) is 9.97 Å². The van der Waals surface area contributed by atoms with Gasteiger partial charge in [0.15, 0.2) is 0 Å². The van der Waals surface area contributed by atoms with Gasteiger partial charge in [-0.15, -0.1) is 12.3 Å². The smallest absolute Gasteiger partial charge is 0.488 e. The number of aliphatic hydroxyl groups is 1. The molecular weight excluding hydrogens is 738 g/mol. The number of rotatable bonds is 10. The number of hydrogen-bond donors (Lipinski definition) is 4. The SMILES string of the molecule is COc1ccc(C(OCc2ccc(Cl)nc2)(c2ccccc2)c2ccc(OC)cc2)cc1.OB(O)c1cccc(O)c1.OCc1ccc(Cl)nc1.[2H]Cl.[3H]C. The number of methoxy groups -OCH3 is 2. The maximum Gasteiger partial charge on any atom is 0.488 e. The Morgan fingerprint density at radius 3 is 1.60 bits per heavy atom. The van der Waals surface area contributed by atoms with E-state index in [4.69, 9.17) is 60.2 Å². The molecule has 53 heavy (non-hydrogen) atoms. The highest BCUT2D eigenvalue weighted by atomic mass is 35.5. The number of phenolic OH excluding ortho intramolecular Hbond substituents is 1. The number of ether oxygens (including phenoxy) is 3. The van der Waals surface area contributed by atoms with Crippen molar-refractivity contribution >= 4 is 48.1 Å². The Labute approximate surface area is 329 Å². The fourth-order valence-corrected chi connectivity index (χ4v) is 5.17. The highest BCUT2D eigenvalue weighted by Gasteiger charge is 2.38. The summed E-state index contributed by atoms with van der Waals surface area (Å²) in [5.41, 5.74) is 4.11. The quantitative estimate of drug-likeness (QED) is 0.0629. The molecule has 0 fully saturated rings. The fourth-order valence-electron chi connectivity index (χ4n) is 4.94. The van der Waals surface area contributed by atoms with Gasteiger partial charge in [-0.05, 0) is 81.8 Å². The lowest BCUT2D eigenvalue weighted by atomic mass is 9.80. The van der Waals surface area contributed by atoms with Crippen molar-refractivity contribution in [1.82, 2.24) is 9.97 Å². The first kappa shape index (κ1) is 41.1. The number of aromatic hydroxyl groups is 1. The van der Waals surface area contributed by atoms with Crippen LogP contribution in [0.4, 0.5) is 0 Å². The summed E-state index contributed by atoms with van der Waals surface area (Å²) in [6, 6.07) is 39.0. The molecule has 0 aliphatic heterocycles. The van der Waals surface area contributed by atoms with E-state index in [0.717, 1.165) is 39.3 Å². The van der Waals surface area contributed by atoms with Gasteiger partial charge in [0.2, 0.25) is 0 Å². The molecule has 0 amide bonds. The summed E-state index contributed by atoms with van der Waals surface area (Å²) in [7, 11) is 3.06. The minimum atomic E-state index is -1.51. The lowest BCUT2D eigenvalue weighted by molar-refractivity contribution is 0.0000723. The van der Waals surface area contributed by atoms with Crippen LogP contribution in [0.5, 0.6) is 17.2 Å². The molecule has 0 spiro atoms. The Kier molecular flexibility index (Phi) is 17.4. The minimum Gasteiger partial charge on any atom is -0.508 e. The summed E-state index contributed by atoms with van der Waals surface area (Å²) in [5, 5.41) is 35.5. The zero-order valence-corrected chi connectivity index (χ0v) is 31.6. The summed E-state index contributed by atoms with van der Waals surface area (Å²) in [5.74, 6) is 1.60. The Balaban J connectivity index is 0.000000369. The summed E-state index contributed by atoms with van der Waals surface area (Å²) in [6.45, 7) is 0.362. The number of benzene rings is 4. The van der Waals surface area contributed by atoms with Gasteiger partial charge < -0.3 is 34.5 Å². The van der Waals surface area contributed by atoms with Crippen LogP contribution in [0.3, 0.4) is 0 Å². The predicted molar refractivity (Wildman–Crippen MR) is 213 cm³/mol. The van der Waals surface area contributed by atoms with Crippen molar-refractivity contribution in [2.75, 3.05) is 14.2 Å². The first-order valence-electron chi connectivity index (χ1n) is 17.0. The van der Waals surface area contributed by atoms with Crippen molar-refractivity contribution in [1.29, 1.82) is 1.17 Å². The molecule has 4 N–H and O–H groups in total. The molecule has 2 heterocycles. The van der Waals surface area contributed by atoms with Crippen LogP contribution < -0.4 is 14.9 Å². The van der Waals surface area contributed by atoms with E-state index < -0.39 is 12.7 Å². The van der Waals surface area contributed by atoms with Crippen LogP contribution in [-0.4, -0.2) is 52.7 Å². The third kappa shape index (κ3) is 12.8. The van der Waals surface area contributed by atoms with Gasteiger partial charge in [0.25, 0.3) is 0 Å². The Bertz CT molecular complexity index is 1870. The van der Waals surface area contributed by atoms with E-state index in [1.54, 1.807) is 50.9 Å². The number of phenols is 1. The van der Waals surface area contributed by atoms with Crippen molar-refractivity contribution in [3.8, 4) is 17.2 Å². The third-order valence-electron chi connectivity index (χ3n) is 7.56. The van der Waals surface area contributed by atoms with Crippen molar-refractivity contribution < 1.29 is 35.8 Å². The van der Waals surface area contributed by atoms with E-state index in [-0.39, 0.29) is 12.4 Å². The Morgan fingerprint density at radius 2 is 1.21 bits per heavy atom. The molecule has 0 atom stereocenters. The van der Waals surface area contributed by atoms with Crippen LogP contribution in [0.1, 0.15) is 36.6 Å². The molecule has 0 unspecified atom stereocenters. The average Bonchev–Trinajstić information content (AvgIpc) is 3.24. The molecular formula is C40H42BCl3N2O7.